The molecule has 0 aliphatic rings. The number of para-hydroxylation sites is 1. The van der Waals surface area contributed by atoms with Crippen molar-refractivity contribution in [2.45, 2.75) is 0 Å². The van der Waals surface area contributed by atoms with Crippen molar-refractivity contribution < 1.29 is 9.90 Å². The first kappa shape index (κ1) is 19.4. The van der Waals surface area contributed by atoms with Gasteiger partial charge in [0.15, 0.2) is 5.69 Å². The summed E-state index contributed by atoms with van der Waals surface area (Å²) in [5.41, 5.74) is 1.94. The van der Waals surface area contributed by atoms with Gasteiger partial charge in [-0.05, 0) is 42.5 Å². The fourth-order valence-corrected chi connectivity index (χ4v) is 3.03. The van der Waals surface area contributed by atoms with Crippen LogP contribution in [0.4, 0.5) is 11.4 Å². The maximum Gasteiger partial charge on any atom is 0.335 e. The van der Waals surface area contributed by atoms with Crippen LogP contribution in [0.15, 0.2) is 93.9 Å². The van der Waals surface area contributed by atoms with E-state index in [1.54, 1.807) is 48.5 Å². The summed E-state index contributed by atoms with van der Waals surface area (Å²) >= 11 is 5.99. The van der Waals surface area contributed by atoms with E-state index in [2.05, 4.69) is 15.3 Å². The molecule has 0 amide bonds. The Morgan fingerprint density at radius 2 is 1.67 bits per heavy atom. The molecule has 3 aromatic carbocycles. The van der Waals surface area contributed by atoms with Gasteiger partial charge < -0.3 is 5.11 Å². The van der Waals surface area contributed by atoms with Crippen LogP contribution in [0.2, 0.25) is 5.02 Å². The van der Waals surface area contributed by atoms with Crippen molar-refractivity contribution in [3.63, 3.8) is 0 Å². The minimum absolute atomic E-state index is 0.0835. The van der Waals surface area contributed by atoms with Crippen molar-refractivity contribution in [2.24, 2.45) is 10.2 Å². The molecule has 0 fully saturated rings. The van der Waals surface area contributed by atoms with E-state index in [1.165, 1.54) is 16.8 Å². The molecule has 0 aliphatic carbocycles. The Hall–Kier alpha value is -3.97. The zero-order valence-electron chi connectivity index (χ0n) is 15.5. The van der Waals surface area contributed by atoms with Gasteiger partial charge in [-0.2, -0.15) is 5.11 Å². The van der Waals surface area contributed by atoms with Crippen molar-refractivity contribution in [3.8, 4) is 16.9 Å². The second-order valence-electron chi connectivity index (χ2n) is 6.37. The smallest absolute Gasteiger partial charge is 0.335 e. The van der Waals surface area contributed by atoms with E-state index in [0.29, 0.717) is 27.7 Å². The summed E-state index contributed by atoms with van der Waals surface area (Å²) in [7, 11) is 0. The third-order valence-electron chi connectivity index (χ3n) is 4.37. The van der Waals surface area contributed by atoms with Gasteiger partial charge in [0, 0.05) is 10.6 Å². The molecule has 4 aromatic rings. The molecule has 7 nitrogen and oxygen atoms in total. The van der Waals surface area contributed by atoms with Crippen molar-refractivity contribution in [1.82, 2.24) is 9.78 Å². The SMILES string of the molecule is O=C(O)c1cccc(N=Nc2c(-c3ccc(Cl)cc3)[nH]n(-c3ccccc3)c2=O)c1. The van der Waals surface area contributed by atoms with Crippen molar-refractivity contribution in [1.29, 1.82) is 0 Å². The molecule has 148 valence electrons. The second-order valence-corrected chi connectivity index (χ2v) is 6.81. The zero-order valence-corrected chi connectivity index (χ0v) is 16.2. The molecule has 1 aromatic heterocycles. The summed E-state index contributed by atoms with van der Waals surface area (Å²) in [6.07, 6.45) is 0. The van der Waals surface area contributed by atoms with E-state index in [-0.39, 0.29) is 16.8 Å². The predicted molar refractivity (Wildman–Crippen MR) is 114 cm³/mol. The first-order chi connectivity index (χ1) is 14.5. The number of carboxylic acids is 1. The summed E-state index contributed by atoms with van der Waals surface area (Å²) in [6.45, 7) is 0. The van der Waals surface area contributed by atoms with Gasteiger partial charge in [-0.1, -0.05) is 48.0 Å². The lowest BCUT2D eigenvalue weighted by Crippen LogP contribution is -2.13. The van der Waals surface area contributed by atoms with Crippen LogP contribution in [0.1, 0.15) is 10.4 Å². The number of hydrogen-bond acceptors (Lipinski definition) is 4. The van der Waals surface area contributed by atoms with E-state index < -0.39 is 5.97 Å². The molecule has 8 heteroatoms. The van der Waals surface area contributed by atoms with E-state index >= 15 is 0 Å². The molecule has 0 unspecified atom stereocenters. The second kappa shape index (κ2) is 8.18. The highest BCUT2D eigenvalue weighted by molar-refractivity contribution is 6.30. The number of nitrogens with zero attached hydrogens (tertiary/aromatic N) is 3. The number of halogens is 1. The summed E-state index contributed by atoms with van der Waals surface area (Å²) in [6, 6.07) is 22.1. The fourth-order valence-electron chi connectivity index (χ4n) is 2.91. The first-order valence-electron chi connectivity index (χ1n) is 8.94. The monoisotopic (exact) mass is 418 g/mol. The largest absolute Gasteiger partial charge is 0.478 e. The highest BCUT2D eigenvalue weighted by Gasteiger charge is 2.17. The minimum Gasteiger partial charge on any atom is -0.478 e. The Kier molecular flexibility index (Phi) is 5.28. The summed E-state index contributed by atoms with van der Waals surface area (Å²) in [4.78, 5) is 24.3. The normalized spacial score (nSPS) is 11.1. The third-order valence-corrected chi connectivity index (χ3v) is 4.62. The fraction of sp³-hybridized carbons (Fsp3) is 0. The first-order valence-corrected chi connectivity index (χ1v) is 9.32. The van der Waals surface area contributed by atoms with Gasteiger partial charge >= 0.3 is 5.97 Å². The number of H-pyrrole nitrogens is 1. The van der Waals surface area contributed by atoms with Gasteiger partial charge in [0.2, 0.25) is 0 Å². The number of benzene rings is 3. The molecule has 0 saturated carbocycles. The molecule has 0 spiro atoms. The number of carboxylic acid groups (broad SMARTS) is 1. The van der Waals surface area contributed by atoms with Gasteiger partial charge in [-0.3, -0.25) is 9.89 Å². The van der Waals surface area contributed by atoms with Gasteiger partial charge in [-0.25, -0.2) is 9.48 Å². The van der Waals surface area contributed by atoms with E-state index in [0.717, 1.165) is 0 Å². The standard InChI is InChI=1S/C22H15ClN4O3/c23-16-11-9-14(10-12-16)19-20(21(28)27(26-19)18-7-2-1-3-8-18)25-24-17-6-4-5-15(13-17)22(29)30/h1-13,26H,(H,29,30). The molecular weight excluding hydrogens is 404 g/mol. The quantitative estimate of drug-likeness (QED) is 0.412. The lowest BCUT2D eigenvalue weighted by atomic mass is 10.1. The van der Waals surface area contributed by atoms with E-state index in [4.69, 9.17) is 16.7 Å². The Bertz CT molecular complexity index is 1290. The van der Waals surface area contributed by atoms with Crippen molar-refractivity contribution in [3.05, 3.63) is 99.8 Å². The highest BCUT2D eigenvalue weighted by atomic mass is 35.5. The number of rotatable bonds is 5. The molecule has 0 saturated heterocycles. The molecule has 2 N–H and O–H groups in total. The number of carbonyl (C=O) groups is 1. The lowest BCUT2D eigenvalue weighted by Gasteiger charge is -2.01. The van der Waals surface area contributed by atoms with Crippen LogP contribution in [-0.4, -0.2) is 20.9 Å². The predicted octanol–water partition coefficient (Wildman–Crippen LogP) is 5.60. The van der Waals surface area contributed by atoms with Crippen molar-refractivity contribution >= 4 is 28.9 Å². The maximum absolute atomic E-state index is 13.1. The van der Waals surface area contributed by atoms with Gasteiger partial charge in [-0.15, -0.1) is 5.11 Å². The number of azo groups is 1. The summed E-state index contributed by atoms with van der Waals surface area (Å²) < 4.78 is 1.38. The van der Waals surface area contributed by atoms with E-state index in [9.17, 15) is 9.59 Å². The number of aromatic nitrogens is 2. The van der Waals surface area contributed by atoms with Crippen LogP contribution in [0.25, 0.3) is 16.9 Å². The molecule has 30 heavy (non-hydrogen) atoms. The average molecular weight is 419 g/mol. The van der Waals surface area contributed by atoms with Crippen LogP contribution >= 0.6 is 11.6 Å². The Morgan fingerprint density at radius 1 is 0.933 bits per heavy atom. The highest BCUT2D eigenvalue weighted by Crippen LogP contribution is 2.29. The Morgan fingerprint density at radius 3 is 2.37 bits per heavy atom. The number of nitrogens with one attached hydrogen (secondary N) is 1. The number of aromatic carboxylic acids is 1. The molecule has 1 heterocycles. The molecule has 0 aliphatic heterocycles. The Balaban J connectivity index is 1.84. The van der Waals surface area contributed by atoms with Gasteiger partial charge in [0.05, 0.1) is 22.6 Å². The molecule has 0 bridgehead atoms. The Labute approximate surface area is 175 Å². The zero-order chi connectivity index (χ0) is 21.1. The van der Waals surface area contributed by atoms with Crippen LogP contribution in [-0.2, 0) is 0 Å². The van der Waals surface area contributed by atoms with Crippen LogP contribution in [0.5, 0.6) is 0 Å². The molecule has 0 atom stereocenters. The summed E-state index contributed by atoms with van der Waals surface area (Å²) in [5, 5.41) is 21.0. The number of aromatic amines is 1. The van der Waals surface area contributed by atoms with Crippen LogP contribution in [0, 0.1) is 0 Å². The minimum atomic E-state index is -1.07. The average Bonchev–Trinajstić information content (AvgIpc) is 3.10. The molecular formula is C22H15ClN4O3. The van der Waals surface area contributed by atoms with Gasteiger partial charge in [0.25, 0.3) is 5.56 Å². The van der Waals surface area contributed by atoms with Crippen LogP contribution < -0.4 is 5.56 Å². The molecule has 4 rings (SSSR count). The number of hydrogen-bond donors (Lipinski definition) is 2. The van der Waals surface area contributed by atoms with Crippen LogP contribution in [0.3, 0.4) is 0 Å². The third kappa shape index (κ3) is 3.92. The topological polar surface area (TPSA) is 99.8 Å². The molecule has 0 radical (unpaired) electrons. The van der Waals surface area contributed by atoms with E-state index in [1.807, 2.05) is 18.2 Å². The maximum atomic E-state index is 13.1. The summed E-state index contributed by atoms with van der Waals surface area (Å²) in [5.74, 6) is -1.07. The van der Waals surface area contributed by atoms with Crippen molar-refractivity contribution in [2.75, 3.05) is 0 Å². The van der Waals surface area contributed by atoms with Gasteiger partial charge in [0.1, 0.15) is 0 Å². The lowest BCUT2D eigenvalue weighted by molar-refractivity contribution is 0.0697.